The molecule has 0 fully saturated rings. The molecule has 35 heavy (non-hydrogen) atoms. The van der Waals surface area contributed by atoms with Crippen molar-refractivity contribution in [3.63, 3.8) is 0 Å². The van der Waals surface area contributed by atoms with Crippen molar-refractivity contribution in [2.45, 2.75) is 45.4 Å². The van der Waals surface area contributed by atoms with Crippen molar-refractivity contribution in [2.75, 3.05) is 0 Å². The molecular formula is C33H34N2. The summed E-state index contributed by atoms with van der Waals surface area (Å²) in [6.45, 7) is 8.40. The Balaban J connectivity index is 1.89. The predicted octanol–water partition coefficient (Wildman–Crippen LogP) is 8.65. The average molecular weight is 459 g/mol. The fourth-order valence-electron chi connectivity index (χ4n) is 4.55. The number of rotatable bonds is 7. The van der Waals surface area contributed by atoms with E-state index in [0.29, 0.717) is 0 Å². The van der Waals surface area contributed by atoms with Gasteiger partial charge in [0.2, 0.25) is 0 Å². The maximum Gasteiger partial charge on any atom is 0.0273 e. The van der Waals surface area contributed by atoms with Gasteiger partial charge >= 0.3 is 0 Å². The Morgan fingerprint density at radius 3 is 2.49 bits per heavy atom. The van der Waals surface area contributed by atoms with E-state index in [1.807, 2.05) is 24.8 Å². The van der Waals surface area contributed by atoms with Crippen molar-refractivity contribution in [3.05, 3.63) is 149 Å². The predicted molar refractivity (Wildman–Crippen MR) is 149 cm³/mol. The monoisotopic (exact) mass is 458 g/mol. The first kappa shape index (κ1) is 24.3. The van der Waals surface area contributed by atoms with Crippen LogP contribution in [0, 0.1) is 0 Å². The topological polar surface area (TPSA) is 25.8 Å². The normalized spacial score (nSPS) is 18.8. The van der Waals surface area contributed by atoms with Crippen LogP contribution in [0.15, 0.2) is 138 Å². The second-order valence-corrected chi connectivity index (χ2v) is 9.07. The zero-order chi connectivity index (χ0) is 24.5. The molecule has 2 aliphatic rings. The molecule has 2 nitrogen and oxygen atoms in total. The summed E-state index contributed by atoms with van der Waals surface area (Å²) in [6, 6.07) is 8.38. The Kier molecular flexibility index (Phi) is 8.40. The van der Waals surface area contributed by atoms with Gasteiger partial charge in [-0.15, -0.1) is 0 Å². The molecule has 1 unspecified atom stereocenters. The molecule has 0 N–H and O–H groups in total. The molecule has 2 heterocycles. The number of allylic oxidation sites excluding steroid dienone is 15. The maximum absolute atomic E-state index is 4.24. The second kappa shape index (κ2) is 12.1. The quantitative estimate of drug-likeness (QED) is 0.388. The number of pyridine rings is 2. The van der Waals surface area contributed by atoms with E-state index in [1.54, 1.807) is 0 Å². The fraction of sp³-hybridized carbons (Fsp3) is 0.212. The third-order valence-electron chi connectivity index (χ3n) is 6.26. The van der Waals surface area contributed by atoms with Crippen molar-refractivity contribution >= 4 is 5.57 Å². The van der Waals surface area contributed by atoms with Gasteiger partial charge in [-0.3, -0.25) is 9.97 Å². The van der Waals surface area contributed by atoms with E-state index in [0.717, 1.165) is 31.3 Å². The molecule has 2 aromatic heterocycles. The van der Waals surface area contributed by atoms with Crippen molar-refractivity contribution < 1.29 is 0 Å². The lowest BCUT2D eigenvalue weighted by molar-refractivity contribution is 0.847. The van der Waals surface area contributed by atoms with Crippen LogP contribution in [0.1, 0.15) is 56.6 Å². The van der Waals surface area contributed by atoms with Gasteiger partial charge in [0.25, 0.3) is 0 Å². The van der Waals surface area contributed by atoms with E-state index < -0.39 is 0 Å². The van der Waals surface area contributed by atoms with Gasteiger partial charge in [0.05, 0.1) is 0 Å². The zero-order valence-electron chi connectivity index (χ0n) is 20.8. The Morgan fingerprint density at radius 1 is 1.03 bits per heavy atom. The molecule has 0 spiro atoms. The highest BCUT2D eigenvalue weighted by Crippen LogP contribution is 2.36. The maximum atomic E-state index is 4.24. The Labute approximate surface area is 210 Å². The van der Waals surface area contributed by atoms with Gasteiger partial charge in [-0.25, -0.2) is 0 Å². The molecule has 4 rings (SSSR count). The minimum atomic E-state index is 0.172. The zero-order valence-corrected chi connectivity index (χ0v) is 20.8. The minimum Gasteiger partial charge on any atom is -0.265 e. The molecular weight excluding hydrogens is 424 g/mol. The largest absolute Gasteiger partial charge is 0.265 e. The smallest absolute Gasteiger partial charge is 0.0273 e. The summed E-state index contributed by atoms with van der Waals surface area (Å²) < 4.78 is 0. The molecule has 1 atom stereocenters. The molecule has 0 bridgehead atoms. The number of hydrogen-bond donors (Lipinski definition) is 0. The molecule has 0 amide bonds. The van der Waals surface area contributed by atoms with E-state index in [9.17, 15) is 0 Å². The molecule has 0 aliphatic heterocycles. The van der Waals surface area contributed by atoms with Crippen LogP contribution in [0.2, 0.25) is 0 Å². The van der Waals surface area contributed by atoms with Gasteiger partial charge < -0.3 is 0 Å². The Bertz CT molecular complexity index is 1250. The lowest BCUT2D eigenvalue weighted by atomic mass is 9.89. The average Bonchev–Trinajstić information content (AvgIpc) is 3.26. The van der Waals surface area contributed by atoms with Crippen LogP contribution in [-0.4, -0.2) is 9.97 Å². The highest BCUT2D eigenvalue weighted by Gasteiger charge is 2.17. The summed E-state index contributed by atoms with van der Waals surface area (Å²) in [5.41, 5.74) is 9.86. The van der Waals surface area contributed by atoms with Crippen molar-refractivity contribution in [3.8, 4) is 0 Å². The second-order valence-electron chi connectivity index (χ2n) is 9.07. The summed E-state index contributed by atoms with van der Waals surface area (Å²) in [5, 5.41) is 0. The summed E-state index contributed by atoms with van der Waals surface area (Å²) in [6.07, 6.45) is 32.4. The summed E-state index contributed by atoms with van der Waals surface area (Å²) in [7, 11) is 0. The van der Waals surface area contributed by atoms with E-state index in [4.69, 9.17) is 0 Å². The summed E-state index contributed by atoms with van der Waals surface area (Å²) in [4.78, 5) is 8.46. The number of nitrogens with zero attached hydrogens (tertiary/aromatic N) is 2. The Hall–Kier alpha value is -3.78. The molecule has 2 aromatic rings. The van der Waals surface area contributed by atoms with Crippen LogP contribution in [-0.2, 0) is 0 Å². The first-order valence-corrected chi connectivity index (χ1v) is 12.5. The van der Waals surface area contributed by atoms with Crippen molar-refractivity contribution in [2.24, 2.45) is 0 Å². The van der Waals surface area contributed by atoms with Crippen molar-refractivity contribution in [1.29, 1.82) is 0 Å². The summed E-state index contributed by atoms with van der Waals surface area (Å²) >= 11 is 0. The standard InChI is InChI=1S/C33H34N2/c1-4-5-9-29(22-25(2)3)32-10-7-6-8-11-33(32)30-13-12-28(26-14-18-34-19-15-26)23-31(24-30)27-16-20-35-21-17-27/h5,7,9-10,12-24,28H,2,4,6,8,11H2,1,3H3/b9-5-,29-22+. The minimum absolute atomic E-state index is 0.172. The molecule has 2 aliphatic carbocycles. The molecule has 0 aromatic carbocycles. The van der Waals surface area contributed by atoms with Crippen LogP contribution >= 0.6 is 0 Å². The highest BCUT2D eigenvalue weighted by atomic mass is 14.6. The highest BCUT2D eigenvalue weighted by molar-refractivity contribution is 5.79. The Morgan fingerprint density at radius 2 is 1.77 bits per heavy atom. The van der Waals surface area contributed by atoms with E-state index in [2.05, 4.69) is 109 Å². The fourth-order valence-corrected chi connectivity index (χ4v) is 4.55. The lowest BCUT2D eigenvalue weighted by Crippen LogP contribution is -1.96. The van der Waals surface area contributed by atoms with Gasteiger partial charge in [-0.2, -0.15) is 0 Å². The van der Waals surface area contributed by atoms with Crippen LogP contribution in [0.4, 0.5) is 0 Å². The summed E-state index contributed by atoms with van der Waals surface area (Å²) in [5.74, 6) is 0.172. The van der Waals surface area contributed by atoms with E-state index in [1.165, 1.54) is 39.0 Å². The van der Waals surface area contributed by atoms with Gasteiger partial charge in [0.1, 0.15) is 0 Å². The molecule has 0 saturated heterocycles. The molecule has 0 radical (unpaired) electrons. The van der Waals surface area contributed by atoms with Gasteiger partial charge in [-0.1, -0.05) is 67.7 Å². The van der Waals surface area contributed by atoms with Crippen LogP contribution in [0.5, 0.6) is 0 Å². The molecule has 2 heteroatoms. The third-order valence-corrected chi connectivity index (χ3v) is 6.26. The molecule has 0 saturated carbocycles. The first-order chi connectivity index (χ1) is 17.2. The van der Waals surface area contributed by atoms with Crippen molar-refractivity contribution in [1.82, 2.24) is 9.97 Å². The lowest BCUT2D eigenvalue weighted by Gasteiger charge is -2.15. The number of aromatic nitrogens is 2. The number of hydrogen-bond acceptors (Lipinski definition) is 2. The van der Waals surface area contributed by atoms with E-state index >= 15 is 0 Å². The van der Waals surface area contributed by atoms with Crippen LogP contribution in [0.3, 0.4) is 0 Å². The van der Waals surface area contributed by atoms with Gasteiger partial charge in [0.15, 0.2) is 0 Å². The first-order valence-electron chi connectivity index (χ1n) is 12.5. The van der Waals surface area contributed by atoms with E-state index in [-0.39, 0.29) is 5.92 Å². The SMILES string of the molecule is C=C(C)/C=C(\C=C/CC)C1=C(C2=CC(c3ccncc3)=CC(c3ccncc3)C=C2)CCCC=C1. The third kappa shape index (κ3) is 6.42. The van der Waals surface area contributed by atoms with Gasteiger partial charge in [-0.05, 0) is 102 Å². The molecule has 176 valence electrons. The van der Waals surface area contributed by atoms with Crippen LogP contribution < -0.4 is 0 Å². The van der Waals surface area contributed by atoms with Gasteiger partial charge in [0, 0.05) is 30.7 Å². The van der Waals surface area contributed by atoms with Crippen LogP contribution in [0.25, 0.3) is 5.57 Å².